The maximum Gasteiger partial charge on any atom is 0.337 e. The lowest BCUT2D eigenvalue weighted by Gasteiger charge is -2.42. The molecule has 0 saturated heterocycles. The number of esters is 1. The molecule has 0 atom stereocenters. The molecule has 3 aromatic rings. The van der Waals surface area contributed by atoms with Crippen molar-refractivity contribution in [1.29, 1.82) is 0 Å². The molecule has 4 heteroatoms. The largest absolute Gasteiger partial charge is 0.465 e. The number of imidazole rings is 1. The van der Waals surface area contributed by atoms with E-state index >= 15 is 0 Å². The molecule has 0 amide bonds. The number of aromatic nitrogens is 2. The van der Waals surface area contributed by atoms with Crippen LogP contribution in [-0.4, -0.2) is 22.6 Å². The van der Waals surface area contributed by atoms with Gasteiger partial charge in [-0.25, -0.2) is 9.78 Å². The molecule has 0 radical (unpaired) electrons. The topological polar surface area (TPSA) is 44.1 Å². The Labute approximate surface area is 185 Å². The molecule has 1 aromatic heterocycles. The molecule has 31 heavy (non-hydrogen) atoms. The summed E-state index contributed by atoms with van der Waals surface area (Å²) in [6.07, 6.45) is 4.28. The minimum absolute atomic E-state index is 0.145. The molecule has 4 rings (SSSR count). The average molecular weight is 419 g/mol. The summed E-state index contributed by atoms with van der Waals surface area (Å²) in [4.78, 5) is 17.0. The van der Waals surface area contributed by atoms with E-state index in [1.165, 1.54) is 42.3 Å². The fourth-order valence-corrected chi connectivity index (χ4v) is 4.99. The third-order valence-electron chi connectivity index (χ3n) is 7.03. The van der Waals surface area contributed by atoms with Gasteiger partial charge < -0.3 is 4.74 Å². The van der Waals surface area contributed by atoms with Gasteiger partial charge in [-0.1, -0.05) is 40.7 Å². The van der Waals surface area contributed by atoms with Crippen molar-refractivity contribution in [1.82, 2.24) is 9.55 Å². The van der Waals surface area contributed by atoms with E-state index in [-0.39, 0.29) is 16.8 Å². The number of hydrogen-bond acceptors (Lipinski definition) is 3. The van der Waals surface area contributed by atoms with Crippen molar-refractivity contribution in [3.63, 3.8) is 0 Å². The normalized spacial score (nSPS) is 16.9. The van der Waals surface area contributed by atoms with Gasteiger partial charge in [-0.05, 0) is 78.0 Å². The zero-order chi connectivity index (χ0) is 22.6. The fraction of sp³-hybridized carbons (Fsp3) is 0.481. The van der Waals surface area contributed by atoms with Crippen molar-refractivity contribution < 1.29 is 9.53 Å². The monoisotopic (exact) mass is 418 g/mol. The molecule has 1 aliphatic rings. The molecule has 0 N–H and O–H groups in total. The number of benzene rings is 2. The zero-order valence-corrected chi connectivity index (χ0v) is 19.9. The van der Waals surface area contributed by atoms with E-state index in [0.29, 0.717) is 5.56 Å². The quantitative estimate of drug-likeness (QED) is 0.459. The van der Waals surface area contributed by atoms with Crippen LogP contribution in [0.5, 0.6) is 0 Å². The predicted molar refractivity (Wildman–Crippen MR) is 126 cm³/mol. The van der Waals surface area contributed by atoms with Crippen LogP contribution in [0.4, 0.5) is 0 Å². The molecule has 4 nitrogen and oxygen atoms in total. The van der Waals surface area contributed by atoms with E-state index in [1.807, 2.05) is 18.2 Å². The van der Waals surface area contributed by atoms with Crippen LogP contribution >= 0.6 is 0 Å². The Kier molecular flexibility index (Phi) is 5.23. The van der Waals surface area contributed by atoms with Crippen LogP contribution in [0.3, 0.4) is 0 Å². The SMILES string of the molecule is CCCc1nc2cc(C(=O)OC)ccc2n1-c1cc2c(cc1C)C(C)(C)CCC2(C)C. The van der Waals surface area contributed by atoms with Crippen LogP contribution in [0.25, 0.3) is 16.7 Å². The van der Waals surface area contributed by atoms with Crippen molar-refractivity contribution >= 4 is 17.0 Å². The summed E-state index contributed by atoms with van der Waals surface area (Å²) in [5.74, 6) is 0.706. The summed E-state index contributed by atoms with van der Waals surface area (Å²) >= 11 is 0. The van der Waals surface area contributed by atoms with Crippen LogP contribution in [-0.2, 0) is 22.0 Å². The predicted octanol–water partition coefficient (Wildman–Crippen LogP) is 6.42. The number of carbonyl (C=O) groups is 1. The number of hydrogen-bond donors (Lipinski definition) is 0. The number of rotatable bonds is 4. The molecule has 1 aliphatic carbocycles. The molecule has 0 spiro atoms. The van der Waals surface area contributed by atoms with Gasteiger partial charge in [0.15, 0.2) is 0 Å². The van der Waals surface area contributed by atoms with Crippen LogP contribution in [0.15, 0.2) is 30.3 Å². The molecular weight excluding hydrogens is 384 g/mol. The van der Waals surface area contributed by atoms with E-state index in [1.54, 1.807) is 0 Å². The Morgan fingerprint density at radius 3 is 2.32 bits per heavy atom. The lowest BCUT2D eigenvalue weighted by Crippen LogP contribution is -2.34. The first-order valence-corrected chi connectivity index (χ1v) is 11.3. The number of carbonyl (C=O) groups excluding carboxylic acids is 1. The number of ether oxygens (including phenoxy) is 1. The Balaban J connectivity index is 1.98. The van der Waals surface area contributed by atoms with E-state index < -0.39 is 0 Å². The van der Waals surface area contributed by atoms with Crippen molar-refractivity contribution in [2.75, 3.05) is 7.11 Å². The lowest BCUT2D eigenvalue weighted by molar-refractivity contribution is 0.0601. The van der Waals surface area contributed by atoms with Crippen LogP contribution in [0, 0.1) is 6.92 Å². The third-order valence-corrected chi connectivity index (χ3v) is 7.03. The minimum atomic E-state index is -0.331. The molecule has 1 heterocycles. The third kappa shape index (κ3) is 3.56. The van der Waals surface area contributed by atoms with E-state index in [2.05, 4.69) is 58.2 Å². The second-order valence-corrected chi connectivity index (χ2v) is 10.3. The maximum atomic E-state index is 12.0. The summed E-state index contributed by atoms with van der Waals surface area (Å²) < 4.78 is 7.20. The number of methoxy groups -OCH3 is 1. The van der Waals surface area contributed by atoms with Gasteiger partial charge >= 0.3 is 5.97 Å². The number of nitrogens with zero attached hydrogens (tertiary/aromatic N) is 2. The highest BCUT2D eigenvalue weighted by Gasteiger charge is 2.37. The molecule has 0 saturated carbocycles. The Morgan fingerprint density at radius 1 is 1.06 bits per heavy atom. The second kappa shape index (κ2) is 7.51. The van der Waals surface area contributed by atoms with Crippen LogP contribution in [0.2, 0.25) is 0 Å². The second-order valence-electron chi connectivity index (χ2n) is 10.3. The van der Waals surface area contributed by atoms with Gasteiger partial charge in [0.1, 0.15) is 5.82 Å². The first kappa shape index (κ1) is 21.6. The van der Waals surface area contributed by atoms with Gasteiger partial charge in [0.05, 0.1) is 29.4 Å². The Hall–Kier alpha value is -2.62. The average Bonchev–Trinajstić information content (AvgIpc) is 3.08. The highest BCUT2D eigenvalue weighted by atomic mass is 16.5. The van der Waals surface area contributed by atoms with Crippen LogP contribution < -0.4 is 0 Å². The Bertz CT molecular complexity index is 1170. The first-order valence-electron chi connectivity index (χ1n) is 11.3. The van der Waals surface area contributed by atoms with Gasteiger partial charge in [-0.2, -0.15) is 0 Å². The molecule has 0 fully saturated rings. The van der Waals surface area contributed by atoms with E-state index in [0.717, 1.165) is 29.7 Å². The minimum Gasteiger partial charge on any atom is -0.465 e. The van der Waals surface area contributed by atoms with E-state index in [4.69, 9.17) is 9.72 Å². The molecule has 0 aliphatic heterocycles. The molecule has 2 aromatic carbocycles. The maximum absolute atomic E-state index is 12.0. The lowest BCUT2D eigenvalue weighted by atomic mass is 9.63. The standard InChI is InChI=1S/C27H34N2O2/c1-8-9-24-28-21-15-18(25(30)31-7)10-11-22(21)29(24)23-16-20-19(14-17(23)2)26(3,4)12-13-27(20,5)6/h10-11,14-16H,8-9,12-13H2,1-7H3. The van der Waals surface area contributed by atoms with Gasteiger partial charge in [0.25, 0.3) is 0 Å². The van der Waals surface area contributed by atoms with Crippen LogP contribution in [0.1, 0.15) is 86.8 Å². The fourth-order valence-electron chi connectivity index (χ4n) is 4.99. The van der Waals surface area contributed by atoms with Gasteiger partial charge in [-0.15, -0.1) is 0 Å². The summed E-state index contributed by atoms with van der Waals surface area (Å²) in [5.41, 5.74) is 8.11. The zero-order valence-electron chi connectivity index (χ0n) is 19.9. The number of fused-ring (bicyclic) bond motifs is 2. The Morgan fingerprint density at radius 2 is 1.71 bits per heavy atom. The van der Waals surface area contributed by atoms with Gasteiger partial charge in [0.2, 0.25) is 0 Å². The van der Waals surface area contributed by atoms with Gasteiger partial charge in [0, 0.05) is 6.42 Å². The molecule has 164 valence electrons. The highest BCUT2D eigenvalue weighted by molar-refractivity contribution is 5.94. The summed E-state index contributed by atoms with van der Waals surface area (Å²) in [7, 11) is 1.41. The summed E-state index contributed by atoms with van der Waals surface area (Å²) in [5, 5.41) is 0. The molecule has 0 unspecified atom stereocenters. The number of aryl methyl sites for hydroxylation is 2. The highest BCUT2D eigenvalue weighted by Crippen LogP contribution is 2.47. The van der Waals surface area contributed by atoms with Crippen molar-refractivity contribution in [3.05, 3.63) is 58.4 Å². The summed E-state index contributed by atoms with van der Waals surface area (Å²) in [6, 6.07) is 10.5. The first-order chi connectivity index (χ1) is 14.6. The summed E-state index contributed by atoms with van der Waals surface area (Å²) in [6.45, 7) is 13.8. The van der Waals surface area contributed by atoms with Gasteiger partial charge in [-0.3, -0.25) is 4.57 Å². The molecule has 0 bridgehead atoms. The van der Waals surface area contributed by atoms with E-state index in [9.17, 15) is 4.79 Å². The van der Waals surface area contributed by atoms with Crippen molar-refractivity contribution in [2.45, 2.75) is 78.1 Å². The van der Waals surface area contributed by atoms with Crippen molar-refractivity contribution in [3.8, 4) is 5.69 Å². The van der Waals surface area contributed by atoms with Crippen molar-refractivity contribution in [2.24, 2.45) is 0 Å². The molecular formula is C27H34N2O2. The smallest absolute Gasteiger partial charge is 0.337 e.